The SMILES string of the molecule is CCCc1ccc(-c2ccc(CCC)c(C3CCCCC3)c2C2CCCCC2)cc1. The van der Waals surface area contributed by atoms with Crippen molar-refractivity contribution in [3.8, 4) is 11.1 Å². The second-order valence-corrected chi connectivity index (χ2v) is 9.97. The molecule has 0 atom stereocenters. The van der Waals surface area contributed by atoms with Crippen LogP contribution in [0.1, 0.15) is 125 Å². The number of benzene rings is 2. The van der Waals surface area contributed by atoms with Gasteiger partial charge in [0.25, 0.3) is 0 Å². The van der Waals surface area contributed by atoms with Crippen molar-refractivity contribution in [3.63, 3.8) is 0 Å². The maximum Gasteiger partial charge on any atom is -0.0146 e. The minimum absolute atomic E-state index is 0.776. The Hall–Kier alpha value is -1.56. The van der Waals surface area contributed by atoms with Crippen molar-refractivity contribution in [3.05, 3.63) is 58.7 Å². The van der Waals surface area contributed by atoms with Crippen LogP contribution in [0.2, 0.25) is 0 Å². The molecule has 0 unspecified atom stereocenters. The summed E-state index contributed by atoms with van der Waals surface area (Å²) in [7, 11) is 0. The van der Waals surface area contributed by atoms with E-state index >= 15 is 0 Å². The van der Waals surface area contributed by atoms with E-state index < -0.39 is 0 Å². The van der Waals surface area contributed by atoms with E-state index in [1.165, 1.54) is 101 Å². The van der Waals surface area contributed by atoms with E-state index in [1.54, 1.807) is 22.3 Å². The lowest BCUT2D eigenvalue weighted by Gasteiger charge is -2.33. The molecule has 0 bridgehead atoms. The molecule has 0 N–H and O–H groups in total. The van der Waals surface area contributed by atoms with Gasteiger partial charge >= 0.3 is 0 Å². The first-order chi connectivity index (χ1) is 14.8. The van der Waals surface area contributed by atoms with Gasteiger partial charge in [0.1, 0.15) is 0 Å². The number of hydrogen-bond donors (Lipinski definition) is 0. The average molecular weight is 403 g/mol. The van der Waals surface area contributed by atoms with Crippen LogP contribution >= 0.6 is 0 Å². The van der Waals surface area contributed by atoms with Crippen molar-refractivity contribution in [1.82, 2.24) is 0 Å². The molecule has 2 fully saturated rings. The van der Waals surface area contributed by atoms with Gasteiger partial charge in [-0.2, -0.15) is 0 Å². The zero-order valence-corrected chi connectivity index (χ0v) is 19.5. The van der Waals surface area contributed by atoms with Crippen LogP contribution in [-0.2, 0) is 12.8 Å². The van der Waals surface area contributed by atoms with Crippen LogP contribution in [0.25, 0.3) is 11.1 Å². The standard InChI is InChI=1S/C30H42/c1-3-11-23-17-19-24(20-18-23)28-22-21-25(12-4-2)29(26-13-7-5-8-14-26)30(28)27-15-9-6-10-16-27/h17-22,26-27H,3-16H2,1-2H3. The second kappa shape index (κ2) is 10.7. The van der Waals surface area contributed by atoms with Crippen LogP contribution < -0.4 is 0 Å². The highest BCUT2D eigenvalue weighted by atomic mass is 14.3. The summed E-state index contributed by atoms with van der Waals surface area (Å²) in [5.41, 5.74) is 9.75. The third kappa shape index (κ3) is 4.84. The lowest BCUT2D eigenvalue weighted by molar-refractivity contribution is 0.417. The molecule has 0 heterocycles. The van der Waals surface area contributed by atoms with E-state index in [1.807, 2.05) is 0 Å². The highest BCUT2D eigenvalue weighted by Crippen LogP contribution is 2.46. The maximum absolute atomic E-state index is 2.51. The fourth-order valence-corrected chi connectivity index (χ4v) is 6.26. The smallest absolute Gasteiger partial charge is 0.0146 e. The van der Waals surface area contributed by atoms with E-state index in [0.29, 0.717) is 0 Å². The Bertz CT molecular complexity index is 786. The molecule has 2 saturated carbocycles. The lowest BCUT2D eigenvalue weighted by atomic mass is 9.71. The van der Waals surface area contributed by atoms with Gasteiger partial charge in [0.2, 0.25) is 0 Å². The Morgan fingerprint density at radius 2 is 1.17 bits per heavy atom. The predicted octanol–water partition coefficient (Wildman–Crippen LogP) is 9.35. The predicted molar refractivity (Wildman–Crippen MR) is 132 cm³/mol. The van der Waals surface area contributed by atoms with Gasteiger partial charge < -0.3 is 0 Å². The molecule has 0 heteroatoms. The Morgan fingerprint density at radius 3 is 1.73 bits per heavy atom. The van der Waals surface area contributed by atoms with E-state index in [-0.39, 0.29) is 0 Å². The Morgan fingerprint density at radius 1 is 0.600 bits per heavy atom. The first kappa shape index (κ1) is 21.7. The summed E-state index contributed by atoms with van der Waals surface area (Å²) < 4.78 is 0. The molecule has 0 aliphatic heterocycles. The fourth-order valence-electron chi connectivity index (χ4n) is 6.26. The zero-order valence-electron chi connectivity index (χ0n) is 19.5. The molecule has 0 nitrogen and oxygen atoms in total. The molecule has 162 valence electrons. The van der Waals surface area contributed by atoms with Crippen LogP contribution in [0.4, 0.5) is 0 Å². The van der Waals surface area contributed by atoms with Gasteiger partial charge in [0.15, 0.2) is 0 Å². The molecule has 4 rings (SSSR count). The lowest BCUT2D eigenvalue weighted by Crippen LogP contribution is -2.16. The highest BCUT2D eigenvalue weighted by molar-refractivity contribution is 5.71. The topological polar surface area (TPSA) is 0 Å². The molecule has 0 spiro atoms. The first-order valence-electron chi connectivity index (χ1n) is 13.1. The minimum Gasteiger partial charge on any atom is -0.0651 e. The third-order valence-corrected chi connectivity index (χ3v) is 7.73. The number of rotatable bonds is 7. The molecule has 0 radical (unpaired) electrons. The van der Waals surface area contributed by atoms with Crippen molar-refractivity contribution in [2.24, 2.45) is 0 Å². The monoisotopic (exact) mass is 402 g/mol. The summed E-state index contributed by atoms with van der Waals surface area (Å²) in [5.74, 6) is 1.58. The largest absolute Gasteiger partial charge is 0.0651 e. The van der Waals surface area contributed by atoms with Crippen LogP contribution in [0.15, 0.2) is 36.4 Å². The van der Waals surface area contributed by atoms with Gasteiger partial charge in [-0.05, 0) is 83.7 Å². The molecule has 0 aromatic heterocycles. The Balaban J connectivity index is 1.83. The van der Waals surface area contributed by atoms with E-state index in [9.17, 15) is 0 Å². The Labute approximate surface area is 185 Å². The van der Waals surface area contributed by atoms with Crippen LogP contribution in [0, 0.1) is 0 Å². The van der Waals surface area contributed by atoms with E-state index in [0.717, 1.165) is 11.8 Å². The van der Waals surface area contributed by atoms with Gasteiger partial charge in [-0.25, -0.2) is 0 Å². The number of aryl methyl sites for hydroxylation is 2. The third-order valence-electron chi connectivity index (χ3n) is 7.73. The van der Waals surface area contributed by atoms with Crippen molar-refractivity contribution in [1.29, 1.82) is 0 Å². The summed E-state index contributed by atoms with van der Waals surface area (Å²) >= 11 is 0. The Kier molecular flexibility index (Phi) is 7.69. The molecular weight excluding hydrogens is 360 g/mol. The molecule has 2 aliphatic rings. The average Bonchev–Trinajstić information content (AvgIpc) is 2.81. The maximum atomic E-state index is 2.51. The summed E-state index contributed by atoms with van der Waals surface area (Å²) in [6.45, 7) is 4.63. The van der Waals surface area contributed by atoms with Gasteiger partial charge in [-0.1, -0.05) is 102 Å². The van der Waals surface area contributed by atoms with Crippen molar-refractivity contribution in [2.45, 2.75) is 116 Å². The molecule has 2 aliphatic carbocycles. The second-order valence-electron chi connectivity index (χ2n) is 9.97. The molecule has 0 saturated heterocycles. The van der Waals surface area contributed by atoms with Gasteiger partial charge in [-0.3, -0.25) is 0 Å². The summed E-state index contributed by atoms with van der Waals surface area (Å²) in [6, 6.07) is 14.6. The number of hydrogen-bond acceptors (Lipinski definition) is 0. The van der Waals surface area contributed by atoms with E-state index in [2.05, 4.69) is 50.2 Å². The van der Waals surface area contributed by atoms with Crippen molar-refractivity contribution in [2.75, 3.05) is 0 Å². The highest BCUT2D eigenvalue weighted by Gasteiger charge is 2.28. The minimum atomic E-state index is 0.776. The quantitative estimate of drug-likeness (QED) is 0.432. The van der Waals surface area contributed by atoms with Gasteiger partial charge in [-0.15, -0.1) is 0 Å². The normalized spacial score (nSPS) is 18.6. The summed E-state index contributed by atoms with van der Waals surface area (Å²) in [5, 5.41) is 0. The first-order valence-corrected chi connectivity index (χ1v) is 13.1. The van der Waals surface area contributed by atoms with Crippen molar-refractivity contribution >= 4 is 0 Å². The fraction of sp³-hybridized carbons (Fsp3) is 0.600. The molecule has 2 aromatic rings. The van der Waals surface area contributed by atoms with Crippen LogP contribution in [0.5, 0.6) is 0 Å². The molecule has 2 aromatic carbocycles. The van der Waals surface area contributed by atoms with E-state index in [4.69, 9.17) is 0 Å². The molecule has 0 amide bonds. The van der Waals surface area contributed by atoms with Crippen LogP contribution in [-0.4, -0.2) is 0 Å². The zero-order chi connectivity index (χ0) is 20.8. The van der Waals surface area contributed by atoms with Gasteiger partial charge in [0.05, 0.1) is 0 Å². The van der Waals surface area contributed by atoms with Crippen LogP contribution in [0.3, 0.4) is 0 Å². The summed E-state index contributed by atoms with van der Waals surface area (Å²) in [6.07, 6.45) is 19.1. The molecule has 30 heavy (non-hydrogen) atoms. The summed E-state index contributed by atoms with van der Waals surface area (Å²) in [4.78, 5) is 0. The van der Waals surface area contributed by atoms with Gasteiger partial charge in [0, 0.05) is 0 Å². The molecular formula is C30H42. The van der Waals surface area contributed by atoms with Crippen molar-refractivity contribution < 1.29 is 0 Å².